The van der Waals surface area contributed by atoms with Crippen LogP contribution in [0.5, 0.6) is 0 Å². The van der Waals surface area contributed by atoms with E-state index in [0.29, 0.717) is 5.78 Å². The van der Waals surface area contributed by atoms with E-state index in [4.69, 9.17) is 0 Å². The van der Waals surface area contributed by atoms with Gasteiger partial charge < -0.3 is 4.79 Å². The van der Waals surface area contributed by atoms with Crippen LogP contribution in [0.25, 0.3) is 0 Å². The second-order valence-corrected chi connectivity index (χ2v) is 3.57. The molecule has 0 aliphatic rings. The molecular formula is C11H20O. The first-order valence-corrected chi connectivity index (χ1v) is 4.77. The number of allylic oxidation sites excluding steroid dienone is 1. The summed E-state index contributed by atoms with van der Waals surface area (Å²) < 4.78 is 0. The summed E-state index contributed by atoms with van der Waals surface area (Å²) in [7, 11) is 0. The number of Topliss-reactive ketones (excluding diaryl/α,β-unsaturated/α-hetero) is 1. The minimum atomic E-state index is 0.311. The van der Waals surface area contributed by atoms with Gasteiger partial charge in [0, 0.05) is 6.42 Å². The Morgan fingerprint density at radius 2 is 2.17 bits per heavy atom. The quantitative estimate of drug-likeness (QED) is 0.533. The third kappa shape index (κ3) is 7.52. The SMILES string of the molecule is C=CCC[C@H](C)CCCC(C)=O. The molecule has 1 atom stereocenters. The molecule has 0 amide bonds. The van der Waals surface area contributed by atoms with Crippen molar-refractivity contribution in [3.05, 3.63) is 12.7 Å². The van der Waals surface area contributed by atoms with Crippen LogP contribution in [-0.4, -0.2) is 5.78 Å². The van der Waals surface area contributed by atoms with Crippen LogP contribution in [0.4, 0.5) is 0 Å². The number of carbonyl (C=O) groups excluding carboxylic acids is 1. The molecule has 0 bridgehead atoms. The van der Waals surface area contributed by atoms with Gasteiger partial charge in [0.1, 0.15) is 5.78 Å². The molecule has 0 aromatic heterocycles. The monoisotopic (exact) mass is 168 g/mol. The first-order chi connectivity index (χ1) is 5.66. The van der Waals surface area contributed by atoms with Gasteiger partial charge in [-0.05, 0) is 32.1 Å². The molecule has 0 unspecified atom stereocenters. The van der Waals surface area contributed by atoms with Crippen molar-refractivity contribution < 1.29 is 4.79 Å². The zero-order chi connectivity index (χ0) is 9.40. The van der Waals surface area contributed by atoms with Crippen LogP contribution in [0.1, 0.15) is 46.0 Å². The van der Waals surface area contributed by atoms with Crippen molar-refractivity contribution in [1.82, 2.24) is 0 Å². The first kappa shape index (κ1) is 11.4. The topological polar surface area (TPSA) is 17.1 Å². The number of hydrogen-bond acceptors (Lipinski definition) is 1. The van der Waals surface area contributed by atoms with Gasteiger partial charge in [0.15, 0.2) is 0 Å². The molecule has 0 aliphatic heterocycles. The van der Waals surface area contributed by atoms with Crippen LogP contribution in [0.2, 0.25) is 0 Å². The lowest BCUT2D eigenvalue weighted by molar-refractivity contribution is -0.117. The summed E-state index contributed by atoms with van der Waals surface area (Å²) in [4.78, 5) is 10.6. The van der Waals surface area contributed by atoms with Crippen molar-refractivity contribution in [3.8, 4) is 0 Å². The molecule has 0 saturated heterocycles. The summed E-state index contributed by atoms with van der Waals surface area (Å²) in [5.41, 5.74) is 0. The highest BCUT2D eigenvalue weighted by Gasteiger charge is 2.01. The molecule has 0 aromatic carbocycles. The van der Waals surface area contributed by atoms with Crippen LogP contribution in [-0.2, 0) is 4.79 Å². The Morgan fingerprint density at radius 1 is 1.50 bits per heavy atom. The number of carbonyl (C=O) groups is 1. The highest BCUT2D eigenvalue weighted by molar-refractivity contribution is 5.75. The predicted molar refractivity (Wildman–Crippen MR) is 53.1 cm³/mol. The van der Waals surface area contributed by atoms with Gasteiger partial charge in [0.25, 0.3) is 0 Å². The van der Waals surface area contributed by atoms with Gasteiger partial charge in [0.05, 0.1) is 0 Å². The predicted octanol–water partition coefficient (Wildman–Crippen LogP) is 3.35. The van der Waals surface area contributed by atoms with Crippen LogP contribution >= 0.6 is 0 Å². The van der Waals surface area contributed by atoms with Gasteiger partial charge in [0.2, 0.25) is 0 Å². The standard InChI is InChI=1S/C11H20O/c1-4-5-7-10(2)8-6-9-11(3)12/h4,10H,1,5-9H2,2-3H3/t10-/m0/s1. The Bertz CT molecular complexity index is 138. The van der Waals surface area contributed by atoms with Gasteiger partial charge >= 0.3 is 0 Å². The van der Waals surface area contributed by atoms with E-state index >= 15 is 0 Å². The van der Waals surface area contributed by atoms with E-state index in [1.165, 1.54) is 12.8 Å². The van der Waals surface area contributed by atoms with Crippen molar-refractivity contribution in [2.45, 2.75) is 46.0 Å². The summed E-state index contributed by atoms with van der Waals surface area (Å²) >= 11 is 0. The van der Waals surface area contributed by atoms with Crippen molar-refractivity contribution in [3.63, 3.8) is 0 Å². The Hall–Kier alpha value is -0.590. The first-order valence-electron chi connectivity index (χ1n) is 4.77. The lowest BCUT2D eigenvalue weighted by Crippen LogP contribution is -1.96. The summed E-state index contributed by atoms with van der Waals surface area (Å²) in [6.07, 6.45) is 7.24. The number of rotatable bonds is 7. The third-order valence-electron chi connectivity index (χ3n) is 2.09. The van der Waals surface area contributed by atoms with E-state index in [9.17, 15) is 4.79 Å². The minimum Gasteiger partial charge on any atom is -0.300 e. The highest BCUT2D eigenvalue weighted by atomic mass is 16.1. The van der Waals surface area contributed by atoms with E-state index in [0.717, 1.165) is 25.2 Å². The molecule has 70 valence electrons. The average Bonchev–Trinajstić information content (AvgIpc) is 2.00. The van der Waals surface area contributed by atoms with E-state index < -0.39 is 0 Å². The highest BCUT2D eigenvalue weighted by Crippen LogP contribution is 2.13. The largest absolute Gasteiger partial charge is 0.300 e. The summed E-state index contributed by atoms with van der Waals surface area (Å²) in [5, 5.41) is 0. The van der Waals surface area contributed by atoms with Crippen LogP contribution in [0.15, 0.2) is 12.7 Å². The van der Waals surface area contributed by atoms with E-state index in [1.807, 2.05) is 6.08 Å². The zero-order valence-corrected chi connectivity index (χ0v) is 8.31. The second kappa shape index (κ2) is 7.08. The zero-order valence-electron chi connectivity index (χ0n) is 8.31. The van der Waals surface area contributed by atoms with Gasteiger partial charge in [-0.3, -0.25) is 0 Å². The molecule has 1 heteroatoms. The molecule has 0 radical (unpaired) electrons. The molecule has 0 N–H and O–H groups in total. The summed E-state index contributed by atoms with van der Waals surface area (Å²) in [6, 6.07) is 0. The van der Waals surface area contributed by atoms with E-state index in [1.54, 1.807) is 6.92 Å². The molecule has 0 heterocycles. The molecule has 12 heavy (non-hydrogen) atoms. The Balaban J connectivity index is 3.24. The fourth-order valence-electron chi connectivity index (χ4n) is 1.25. The lowest BCUT2D eigenvalue weighted by atomic mass is 9.98. The summed E-state index contributed by atoms with van der Waals surface area (Å²) in [5.74, 6) is 1.05. The minimum absolute atomic E-state index is 0.311. The van der Waals surface area contributed by atoms with Gasteiger partial charge in [-0.25, -0.2) is 0 Å². The molecule has 0 aromatic rings. The van der Waals surface area contributed by atoms with E-state index in [2.05, 4.69) is 13.5 Å². The molecule has 0 saturated carbocycles. The van der Waals surface area contributed by atoms with Crippen molar-refractivity contribution in [1.29, 1.82) is 0 Å². The van der Waals surface area contributed by atoms with Gasteiger partial charge in [-0.2, -0.15) is 0 Å². The number of hydrogen-bond donors (Lipinski definition) is 0. The second-order valence-electron chi connectivity index (χ2n) is 3.57. The van der Waals surface area contributed by atoms with E-state index in [-0.39, 0.29) is 0 Å². The molecule has 1 nitrogen and oxygen atoms in total. The molecule has 0 rings (SSSR count). The van der Waals surface area contributed by atoms with Crippen LogP contribution in [0, 0.1) is 5.92 Å². The smallest absolute Gasteiger partial charge is 0.129 e. The Labute approximate surface area is 75.9 Å². The third-order valence-corrected chi connectivity index (χ3v) is 2.09. The molecule has 0 fully saturated rings. The maximum Gasteiger partial charge on any atom is 0.129 e. The van der Waals surface area contributed by atoms with Crippen molar-refractivity contribution in [2.75, 3.05) is 0 Å². The maximum absolute atomic E-state index is 10.6. The average molecular weight is 168 g/mol. The Morgan fingerprint density at radius 3 is 2.67 bits per heavy atom. The van der Waals surface area contributed by atoms with Crippen molar-refractivity contribution in [2.24, 2.45) is 5.92 Å². The number of ketones is 1. The fourth-order valence-corrected chi connectivity index (χ4v) is 1.25. The van der Waals surface area contributed by atoms with Gasteiger partial charge in [-0.1, -0.05) is 19.4 Å². The Kier molecular flexibility index (Phi) is 6.73. The molecule has 0 aliphatic carbocycles. The normalized spacial score (nSPS) is 12.5. The summed E-state index contributed by atoms with van der Waals surface area (Å²) in [6.45, 7) is 7.59. The van der Waals surface area contributed by atoms with Crippen LogP contribution < -0.4 is 0 Å². The lowest BCUT2D eigenvalue weighted by Gasteiger charge is -2.07. The molecular weight excluding hydrogens is 148 g/mol. The molecule has 0 spiro atoms. The van der Waals surface area contributed by atoms with Crippen LogP contribution in [0.3, 0.4) is 0 Å². The maximum atomic E-state index is 10.6. The fraction of sp³-hybridized carbons (Fsp3) is 0.727. The van der Waals surface area contributed by atoms with Crippen molar-refractivity contribution >= 4 is 5.78 Å². The van der Waals surface area contributed by atoms with Gasteiger partial charge in [-0.15, -0.1) is 6.58 Å².